The van der Waals surface area contributed by atoms with E-state index in [0.29, 0.717) is 76.6 Å². The number of nitrogens with zero attached hydrogens (tertiary/aromatic N) is 5. The number of nitrogens with two attached hydrogens (primary N) is 1. The van der Waals surface area contributed by atoms with E-state index < -0.39 is 90.5 Å². The molecule has 25 heteroatoms. The topological polar surface area (TPSA) is 332 Å². The molecule has 9 N–H and O–H groups in total. The number of hydrogen-bond acceptors (Lipinski definition) is 15. The number of imide groups is 1. The fraction of sp³-hybridized carbons (Fsp3) is 0.681. The second kappa shape index (κ2) is 39.1. The van der Waals surface area contributed by atoms with Crippen LogP contribution in [-0.2, 0) is 59.0 Å². The van der Waals surface area contributed by atoms with Gasteiger partial charge < -0.3 is 61.4 Å². The molecule has 3 aliphatic rings. The first-order chi connectivity index (χ1) is 44.5. The molecule has 2 aliphatic heterocycles. The van der Waals surface area contributed by atoms with E-state index in [1.165, 1.54) is 31.3 Å². The Labute approximate surface area is 557 Å². The summed E-state index contributed by atoms with van der Waals surface area (Å²) >= 11 is 0. The van der Waals surface area contributed by atoms with Gasteiger partial charge in [0, 0.05) is 78.1 Å². The number of aliphatic hydroxyl groups is 1. The van der Waals surface area contributed by atoms with Crippen LogP contribution in [0.4, 0.5) is 4.79 Å². The van der Waals surface area contributed by atoms with Crippen LogP contribution in [0.5, 0.6) is 0 Å². The normalized spacial score (nSPS) is 19.2. The highest BCUT2D eigenvalue weighted by molar-refractivity contribution is 6.12. The van der Waals surface area contributed by atoms with Crippen molar-refractivity contribution in [3.63, 3.8) is 0 Å². The third kappa shape index (κ3) is 23.4. The molecular formula is C69H111N11O14. The highest BCUT2D eigenvalue weighted by atomic mass is 16.5. The number of carboxylic acid groups (broad SMARTS) is 1. The number of urea groups is 1. The van der Waals surface area contributed by atoms with Gasteiger partial charge in [0.1, 0.15) is 30.4 Å². The number of carboxylic acids is 1. The molecule has 94 heavy (non-hydrogen) atoms. The van der Waals surface area contributed by atoms with Gasteiger partial charge in [0.05, 0.1) is 36.8 Å². The zero-order chi connectivity index (χ0) is 70.1. The minimum atomic E-state index is -1.27. The maximum absolute atomic E-state index is 14.9. The van der Waals surface area contributed by atoms with E-state index in [1.54, 1.807) is 44.7 Å². The summed E-state index contributed by atoms with van der Waals surface area (Å²) in [6, 6.07) is 2.82. The molecule has 0 radical (unpaired) electrons. The van der Waals surface area contributed by atoms with Crippen molar-refractivity contribution in [3.8, 4) is 0 Å². The Hall–Kier alpha value is -7.06. The maximum Gasteiger partial charge on any atom is 0.321 e. The number of methoxy groups -OCH3 is 2. The molecule has 2 heterocycles. The van der Waals surface area contributed by atoms with E-state index in [0.717, 1.165) is 10.5 Å². The quantitative estimate of drug-likeness (QED) is 0.0255. The molecule has 0 spiro atoms. The van der Waals surface area contributed by atoms with Crippen molar-refractivity contribution in [3.05, 3.63) is 72.0 Å². The van der Waals surface area contributed by atoms with E-state index in [-0.39, 0.29) is 104 Å². The number of nitrogens with one attached hydrogen (secondary N) is 5. The Bertz CT molecular complexity index is 2760. The lowest BCUT2D eigenvalue weighted by Crippen LogP contribution is -2.60. The molecule has 10 amide bonds. The van der Waals surface area contributed by atoms with Crippen molar-refractivity contribution >= 4 is 59.3 Å². The van der Waals surface area contributed by atoms with Crippen molar-refractivity contribution in [2.45, 2.75) is 207 Å². The molecule has 3 unspecified atom stereocenters. The number of primary amides is 1. The van der Waals surface area contributed by atoms with Crippen LogP contribution in [0.3, 0.4) is 0 Å². The summed E-state index contributed by atoms with van der Waals surface area (Å²) in [6.45, 7) is 18.4. The zero-order valence-corrected chi connectivity index (χ0v) is 58.1. The fourth-order valence-electron chi connectivity index (χ4n) is 13.0. The second-order valence-electron chi connectivity index (χ2n) is 26.7. The van der Waals surface area contributed by atoms with Crippen LogP contribution in [0.15, 0.2) is 66.4 Å². The number of hydrogen-bond donors (Lipinski definition) is 8. The lowest BCUT2D eigenvalue weighted by Gasteiger charge is -2.41. The summed E-state index contributed by atoms with van der Waals surface area (Å²) in [5, 5.41) is 35.7. The molecule has 0 bridgehead atoms. The first kappa shape index (κ1) is 79.4. The number of benzene rings is 1. The number of likely N-dealkylation sites (tertiary alicyclic amines) is 1. The molecule has 13 atom stereocenters. The van der Waals surface area contributed by atoms with Crippen LogP contribution in [-0.4, -0.2) is 216 Å². The van der Waals surface area contributed by atoms with Gasteiger partial charge in [-0.2, -0.15) is 0 Å². The smallest absolute Gasteiger partial charge is 0.321 e. The fourth-order valence-corrected chi connectivity index (χ4v) is 13.0. The van der Waals surface area contributed by atoms with Crippen LogP contribution >= 0.6 is 0 Å². The van der Waals surface area contributed by atoms with E-state index >= 15 is 0 Å². The highest BCUT2D eigenvalue weighted by Gasteiger charge is 2.44. The average Bonchev–Trinajstić information content (AvgIpc) is 1.33. The van der Waals surface area contributed by atoms with Gasteiger partial charge in [-0.1, -0.05) is 118 Å². The number of carbonyl (C=O) groups is 10. The van der Waals surface area contributed by atoms with Gasteiger partial charge >= 0.3 is 12.0 Å². The van der Waals surface area contributed by atoms with Crippen molar-refractivity contribution in [2.24, 2.45) is 41.2 Å². The number of aliphatic carboxylic acids is 1. The van der Waals surface area contributed by atoms with Gasteiger partial charge in [-0.15, -0.1) is 0 Å². The molecule has 1 aromatic rings. The summed E-state index contributed by atoms with van der Waals surface area (Å²) in [5.41, 5.74) is 6.70. The molecule has 4 rings (SSSR count). The molecule has 1 saturated heterocycles. The van der Waals surface area contributed by atoms with Crippen LogP contribution in [0.2, 0.25) is 0 Å². The summed E-state index contributed by atoms with van der Waals surface area (Å²) in [5.74, 6) is -5.49. The van der Waals surface area contributed by atoms with Gasteiger partial charge in [0.15, 0.2) is 0 Å². The van der Waals surface area contributed by atoms with Gasteiger partial charge in [-0.3, -0.25) is 58.3 Å². The van der Waals surface area contributed by atoms with Gasteiger partial charge in [-0.25, -0.2) is 4.79 Å². The minimum absolute atomic E-state index is 0.0457. The van der Waals surface area contributed by atoms with Crippen LogP contribution in [0, 0.1) is 35.5 Å². The third-order valence-corrected chi connectivity index (χ3v) is 18.7. The Balaban J connectivity index is 1.38. The zero-order valence-electron chi connectivity index (χ0n) is 58.1. The maximum atomic E-state index is 14.9. The number of carbonyl (C=O) groups excluding carboxylic acids is 9. The number of likely N-dealkylation sites (N-methyl/N-ethyl adjacent to an activating group) is 3. The predicted molar refractivity (Wildman–Crippen MR) is 357 cm³/mol. The largest absolute Gasteiger partial charge is 0.480 e. The van der Waals surface area contributed by atoms with Crippen LogP contribution in [0.1, 0.15) is 145 Å². The molecule has 0 aromatic heterocycles. The van der Waals surface area contributed by atoms with Crippen molar-refractivity contribution in [1.29, 1.82) is 0 Å². The van der Waals surface area contributed by atoms with Crippen molar-refractivity contribution in [2.75, 3.05) is 61.5 Å². The number of aliphatic hydroxyl groups excluding tert-OH is 1. The first-order valence-electron chi connectivity index (χ1n) is 33.6. The van der Waals surface area contributed by atoms with Crippen LogP contribution in [0.25, 0.3) is 0 Å². The predicted octanol–water partition coefficient (Wildman–Crippen LogP) is 4.48. The number of ether oxygens (including phenoxy) is 2. The Morgan fingerprint density at radius 1 is 0.777 bits per heavy atom. The highest BCUT2D eigenvalue weighted by Crippen LogP contribution is 2.31. The lowest BCUT2D eigenvalue weighted by atomic mass is 9.89. The van der Waals surface area contributed by atoms with E-state index in [9.17, 15) is 58.2 Å². The van der Waals surface area contributed by atoms with Gasteiger partial charge in [-0.05, 0) is 113 Å². The Kier molecular flexibility index (Phi) is 33.0. The number of unbranched alkanes of at least 4 members (excludes halogenated alkanes) is 2. The van der Waals surface area contributed by atoms with Crippen molar-refractivity contribution in [1.82, 2.24) is 51.1 Å². The summed E-state index contributed by atoms with van der Waals surface area (Å²) < 4.78 is 12.1. The SMILES string of the molecule is CC[C@H](C)[C@@H]([C@@H](CC(=O)N1CCC[C@H]1[C@H](OC)[C@@H](C)C(O)N[C@@H](Cc1ccccc1)C(=O)O)OC)N(C)C(=O)[C@@H](NC(=O)[C@H](C(C)C)N(C)CCC1C=CC(N(C)C(=O)C(CCCNC(N)=O)NC(=O)[C@@H](NC(=O)CCCCCN2C(=O)C=CC2=O)C(C)C)=CC1)C(C)C. The monoisotopic (exact) mass is 1320 g/mol. The summed E-state index contributed by atoms with van der Waals surface area (Å²) in [4.78, 5) is 141. The summed E-state index contributed by atoms with van der Waals surface area (Å²) in [6.07, 6.45) is 11.0. The second-order valence-corrected chi connectivity index (χ2v) is 26.7. The Morgan fingerprint density at radius 3 is 2.00 bits per heavy atom. The molecule has 0 saturated carbocycles. The number of amides is 10. The third-order valence-electron chi connectivity index (χ3n) is 18.7. The molecule has 1 aromatic carbocycles. The molecule has 25 nitrogen and oxygen atoms in total. The van der Waals surface area contributed by atoms with Crippen molar-refractivity contribution < 1.29 is 67.6 Å². The van der Waals surface area contributed by atoms with Gasteiger partial charge in [0.25, 0.3) is 11.8 Å². The standard InChI is InChI=1S/C69H111N11O14/c1-15-45(8)61(53(93-13)41-57(84)79-38-23-27-52(79)62(94-14)46(9)63(85)73-51(68(90)91)40-48-24-18-16-19-25-48)78(12)67(89)59(43(4)5)75-65(87)60(44(6)7)76(10)39-35-47-29-31-49(32-30-47)77(11)66(88)50(26-22-36-71-69(70)92)72-64(86)58(42(2)3)74-54(81)28-20-17-21-37-80-55(82)33-34-56(80)83/h16,18-19,24-25,29,31-34,42-47,50-53,58-63,73,85H,15,17,20-23,26-28,30,35-41H2,1-14H3,(H,72,86)(H,74,81)(H,75,87)(H,90,91)(H3,70,71,92)/t45-,46+,47?,50?,51-,52-,53+,58-,59-,60-,61-,62+,63?/m0/s1. The average molecular weight is 1320 g/mol. The van der Waals surface area contributed by atoms with Gasteiger partial charge in [0.2, 0.25) is 35.4 Å². The molecule has 1 fully saturated rings. The molecular weight excluding hydrogens is 1210 g/mol. The van der Waals surface area contributed by atoms with E-state index in [1.807, 2.05) is 102 Å². The van der Waals surface area contributed by atoms with E-state index in [2.05, 4.69) is 26.6 Å². The van der Waals surface area contributed by atoms with Crippen LogP contribution < -0.4 is 32.3 Å². The molecule has 1 aliphatic carbocycles. The number of allylic oxidation sites excluding steroid dienone is 3. The van der Waals surface area contributed by atoms with E-state index in [4.69, 9.17) is 15.2 Å². The summed E-state index contributed by atoms with van der Waals surface area (Å²) in [7, 11) is 8.25. The first-order valence-corrected chi connectivity index (χ1v) is 33.6. The Morgan fingerprint density at radius 2 is 1.44 bits per heavy atom. The molecule has 526 valence electrons. The lowest BCUT2D eigenvalue weighted by molar-refractivity contribution is -0.148. The number of rotatable bonds is 41. The minimum Gasteiger partial charge on any atom is -0.480 e.